The van der Waals surface area contributed by atoms with Crippen LogP contribution in [0, 0.1) is 0 Å². The maximum atomic E-state index is 12.5. The van der Waals surface area contributed by atoms with Gasteiger partial charge >= 0.3 is 0 Å². The molecule has 1 aromatic heterocycles. The van der Waals surface area contributed by atoms with Crippen molar-refractivity contribution in [3.05, 3.63) is 78.0 Å². The van der Waals surface area contributed by atoms with Gasteiger partial charge in [0.15, 0.2) is 11.5 Å². The zero-order valence-corrected chi connectivity index (χ0v) is 17.5. The number of ether oxygens (including phenoxy) is 2. The number of aromatic amines is 1. The van der Waals surface area contributed by atoms with E-state index in [1.54, 1.807) is 39.3 Å². The predicted octanol–water partition coefficient (Wildman–Crippen LogP) is 4.40. The third kappa shape index (κ3) is 4.25. The van der Waals surface area contributed by atoms with E-state index in [1.807, 2.05) is 42.5 Å². The van der Waals surface area contributed by atoms with Crippen LogP contribution in [0.25, 0.3) is 22.0 Å². The summed E-state index contributed by atoms with van der Waals surface area (Å²) in [5.41, 5.74) is 5.94. The molecule has 7 heteroatoms. The van der Waals surface area contributed by atoms with Gasteiger partial charge in [-0.05, 0) is 48.0 Å². The summed E-state index contributed by atoms with van der Waals surface area (Å²) in [5, 5.41) is 13.5. The quantitative estimate of drug-likeness (QED) is 0.362. The molecule has 0 radical (unpaired) electrons. The van der Waals surface area contributed by atoms with E-state index in [0.717, 1.165) is 21.9 Å². The van der Waals surface area contributed by atoms with Gasteiger partial charge in [-0.2, -0.15) is 10.2 Å². The van der Waals surface area contributed by atoms with Crippen molar-refractivity contribution in [2.45, 2.75) is 6.92 Å². The SMILES string of the molecule is COc1ccc(C(C)=NNC(=O)c2cc(-c3ccc4ccccc4c3)n[nH]2)cc1OC. The maximum Gasteiger partial charge on any atom is 0.289 e. The van der Waals surface area contributed by atoms with E-state index < -0.39 is 0 Å². The van der Waals surface area contributed by atoms with Gasteiger partial charge in [0.2, 0.25) is 0 Å². The first kappa shape index (κ1) is 20.2. The number of amides is 1. The average Bonchev–Trinajstić information content (AvgIpc) is 3.32. The standard InChI is InChI=1S/C24H22N4O3/c1-15(17-10-11-22(30-2)23(13-17)31-3)25-28-24(29)21-14-20(26-27-21)19-9-8-16-6-4-5-7-18(16)12-19/h4-14H,1-3H3,(H,26,27)(H,28,29). The molecule has 0 aliphatic carbocycles. The molecule has 1 amide bonds. The van der Waals surface area contributed by atoms with Gasteiger partial charge in [-0.15, -0.1) is 0 Å². The van der Waals surface area contributed by atoms with Crippen molar-refractivity contribution < 1.29 is 14.3 Å². The molecule has 7 nitrogen and oxygen atoms in total. The molecule has 3 aromatic carbocycles. The summed E-state index contributed by atoms with van der Waals surface area (Å²) >= 11 is 0. The number of hydrogen-bond donors (Lipinski definition) is 2. The Labute approximate surface area is 179 Å². The van der Waals surface area contributed by atoms with Crippen molar-refractivity contribution >= 4 is 22.4 Å². The molecule has 0 spiro atoms. The Balaban J connectivity index is 1.49. The van der Waals surface area contributed by atoms with E-state index in [9.17, 15) is 4.79 Å². The first-order valence-corrected chi connectivity index (χ1v) is 9.70. The third-order valence-corrected chi connectivity index (χ3v) is 4.99. The Morgan fingerprint density at radius 1 is 0.935 bits per heavy atom. The Hall–Kier alpha value is -4.13. The summed E-state index contributed by atoms with van der Waals surface area (Å²) in [6.45, 7) is 1.80. The van der Waals surface area contributed by atoms with E-state index in [0.29, 0.717) is 28.6 Å². The van der Waals surface area contributed by atoms with Gasteiger partial charge in [-0.1, -0.05) is 36.4 Å². The lowest BCUT2D eigenvalue weighted by Gasteiger charge is -2.09. The highest BCUT2D eigenvalue weighted by atomic mass is 16.5. The molecular formula is C24H22N4O3. The number of carbonyl (C=O) groups is 1. The number of H-pyrrole nitrogens is 1. The molecule has 2 N–H and O–H groups in total. The number of fused-ring (bicyclic) bond motifs is 1. The van der Waals surface area contributed by atoms with Crippen molar-refractivity contribution in [2.24, 2.45) is 5.10 Å². The van der Waals surface area contributed by atoms with Crippen LogP contribution in [-0.4, -0.2) is 36.0 Å². The predicted molar refractivity (Wildman–Crippen MR) is 121 cm³/mol. The topological polar surface area (TPSA) is 88.6 Å². The van der Waals surface area contributed by atoms with E-state index >= 15 is 0 Å². The number of nitrogens with one attached hydrogen (secondary N) is 2. The molecular weight excluding hydrogens is 392 g/mol. The van der Waals surface area contributed by atoms with Gasteiger partial charge in [-0.25, -0.2) is 5.43 Å². The molecule has 31 heavy (non-hydrogen) atoms. The van der Waals surface area contributed by atoms with E-state index in [-0.39, 0.29) is 5.91 Å². The Morgan fingerprint density at radius 3 is 2.48 bits per heavy atom. The smallest absolute Gasteiger partial charge is 0.289 e. The van der Waals surface area contributed by atoms with Gasteiger partial charge in [0.25, 0.3) is 5.91 Å². The van der Waals surface area contributed by atoms with Crippen molar-refractivity contribution in [3.63, 3.8) is 0 Å². The highest BCUT2D eigenvalue weighted by Crippen LogP contribution is 2.28. The molecule has 0 aliphatic rings. The summed E-state index contributed by atoms with van der Waals surface area (Å²) in [6, 6.07) is 21.3. The number of benzene rings is 3. The second-order valence-corrected chi connectivity index (χ2v) is 6.94. The zero-order valence-electron chi connectivity index (χ0n) is 17.5. The molecule has 0 aliphatic heterocycles. The lowest BCUT2D eigenvalue weighted by Crippen LogP contribution is -2.19. The van der Waals surface area contributed by atoms with E-state index in [2.05, 4.69) is 26.8 Å². The van der Waals surface area contributed by atoms with Crippen LogP contribution in [-0.2, 0) is 0 Å². The molecule has 0 bridgehead atoms. The van der Waals surface area contributed by atoms with Crippen LogP contribution in [0.3, 0.4) is 0 Å². The third-order valence-electron chi connectivity index (χ3n) is 4.99. The van der Waals surface area contributed by atoms with Crippen molar-refractivity contribution in [1.82, 2.24) is 15.6 Å². The molecule has 0 saturated heterocycles. The molecule has 4 rings (SSSR count). The second kappa shape index (κ2) is 8.71. The van der Waals surface area contributed by atoms with Crippen LogP contribution in [0.15, 0.2) is 71.8 Å². The number of rotatable bonds is 6. The van der Waals surface area contributed by atoms with Gasteiger partial charge in [0, 0.05) is 11.1 Å². The maximum absolute atomic E-state index is 12.5. The minimum atomic E-state index is -0.376. The summed E-state index contributed by atoms with van der Waals surface area (Å²) in [5.74, 6) is 0.843. The number of methoxy groups -OCH3 is 2. The fraction of sp³-hybridized carbons (Fsp3) is 0.125. The second-order valence-electron chi connectivity index (χ2n) is 6.94. The van der Waals surface area contributed by atoms with Crippen molar-refractivity contribution in [2.75, 3.05) is 14.2 Å². The normalized spacial score (nSPS) is 11.4. The largest absolute Gasteiger partial charge is 0.493 e. The molecule has 0 saturated carbocycles. The van der Waals surface area contributed by atoms with E-state index in [1.165, 1.54) is 0 Å². The lowest BCUT2D eigenvalue weighted by atomic mass is 10.1. The molecule has 1 heterocycles. The van der Waals surface area contributed by atoms with Crippen LogP contribution in [0.2, 0.25) is 0 Å². The summed E-state index contributed by atoms with van der Waals surface area (Å²) < 4.78 is 10.6. The van der Waals surface area contributed by atoms with Crippen LogP contribution < -0.4 is 14.9 Å². The summed E-state index contributed by atoms with van der Waals surface area (Å²) in [7, 11) is 3.15. The first-order valence-electron chi connectivity index (χ1n) is 9.70. The number of hydrazone groups is 1. The van der Waals surface area contributed by atoms with Gasteiger partial charge in [-0.3, -0.25) is 9.89 Å². The molecule has 0 fully saturated rings. The molecule has 4 aromatic rings. The fourth-order valence-corrected chi connectivity index (χ4v) is 3.26. The highest BCUT2D eigenvalue weighted by molar-refractivity contribution is 6.01. The zero-order chi connectivity index (χ0) is 21.8. The van der Waals surface area contributed by atoms with Crippen LogP contribution in [0.4, 0.5) is 0 Å². The van der Waals surface area contributed by atoms with Gasteiger partial charge in [0.05, 0.1) is 25.6 Å². The molecule has 156 valence electrons. The van der Waals surface area contributed by atoms with Crippen molar-refractivity contribution in [1.29, 1.82) is 0 Å². The number of hydrogen-bond acceptors (Lipinski definition) is 5. The number of aromatic nitrogens is 2. The minimum Gasteiger partial charge on any atom is -0.493 e. The fourth-order valence-electron chi connectivity index (χ4n) is 3.26. The van der Waals surface area contributed by atoms with Crippen LogP contribution in [0.1, 0.15) is 23.0 Å². The van der Waals surface area contributed by atoms with Crippen LogP contribution in [0.5, 0.6) is 11.5 Å². The van der Waals surface area contributed by atoms with E-state index in [4.69, 9.17) is 9.47 Å². The number of carbonyl (C=O) groups excluding carboxylic acids is 1. The Kier molecular flexibility index (Phi) is 5.66. The highest BCUT2D eigenvalue weighted by Gasteiger charge is 2.12. The minimum absolute atomic E-state index is 0.326. The number of nitrogens with zero attached hydrogens (tertiary/aromatic N) is 2. The lowest BCUT2D eigenvalue weighted by molar-refractivity contribution is 0.0950. The first-order chi connectivity index (χ1) is 15.1. The Morgan fingerprint density at radius 2 is 1.71 bits per heavy atom. The monoisotopic (exact) mass is 414 g/mol. The average molecular weight is 414 g/mol. The van der Waals surface area contributed by atoms with Crippen molar-refractivity contribution in [3.8, 4) is 22.8 Å². The summed E-state index contributed by atoms with van der Waals surface area (Å²) in [6.07, 6.45) is 0. The Bertz CT molecular complexity index is 1280. The van der Waals surface area contributed by atoms with Crippen LogP contribution >= 0.6 is 0 Å². The molecule has 0 atom stereocenters. The molecule has 0 unspecified atom stereocenters. The van der Waals surface area contributed by atoms with Gasteiger partial charge in [0.1, 0.15) is 5.69 Å². The summed E-state index contributed by atoms with van der Waals surface area (Å²) in [4.78, 5) is 12.5. The van der Waals surface area contributed by atoms with Gasteiger partial charge < -0.3 is 9.47 Å².